The molecule has 0 spiro atoms. The van der Waals surface area contributed by atoms with E-state index in [2.05, 4.69) is 15.3 Å². The van der Waals surface area contributed by atoms with Gasteiger partial charge in [0, 0.05) is 6.20 Å². The van der Waals surface area contributed by atoms with Gasteiger partial charge < -0.3 is 5.32 Å². The monoisotopic (exact) mass is 191 g/mol. The third-order valence-electron chi connectivity index (χ3n) is 1.60. The number of allylic oxidation sites excluding steroid dienone is 1. The van der Waals surface area contributed by atoms with Gasteiger partial charge >= 0.3 is 0 Å². The second kappa shape index (κ2) is 5.11. The first-order valence-corrected chi connectivity index (χ1v) is 4.41. The number of carbonyl (C=O) groups excluding carboxylic acids is 1. The Kier molecular flexibility index (Phi) is 3.79. The molecule has 0 aliphatic rings. The van der Waals surface area contributed by atoms with Gasteiger partial charge in [-0.1, -0.05) is 6.08 Å². The van der Waals surface area contributed by atoms with Crippen LogP contribution in [-0.4, -0.2) is 15.9 Å². The third-order valence-corrected chi connectivity index (χ3v) is 1.60. The summed E-state index contributed by atoms with van der Waals surface area (Å²) in [6, 6.07) is 1.78. The Bertz CT molecular complexity index is 347. The van der Waals surface area contributed by atoms with Gasteiger partial charge in [0.15, 0.2) is 0 Å². The van der Waals surface area contributed by atoms with Gasteiger partial charge in [0.25, 0.3) is 0 Å². The van der Waals surface area contributed by atoms with Gasteiger partial charge in [0.05, 0.1) is 12.2 Å². The number of hydrogen-bond donors (Lipinski definition) is 1. The fraction of sp³-hybridized carbons (Fsp3) is 0.300. The molecule has 1 aromatic rings. The van der Waals surface area contributed by atoms with E-state index in [4.69, 9.17) is 0 Å². The highest BCUT2D eigenvalue weighted by Gasteiger charge is 1.97. The first-order chi connectivity index (χ1) is 6.72. The number of nitrogens with one attached hydrogen (secondary N) is 1. The normalized spacial score (nSPS) is 10.4. The maximum absolute atomic E-state index is 11.1. The summed E-state index contributed by atoms with van der Waals surface area (Å²) in [6.07, 6.45) is 4.86. The summed E-state index contributed by atoms with van der Waals surface area (Å²) < 4.78 is 0. The van der Waals surface area contributed by atoms with E-state index >= 15 is 0 Å². The predicted molar refractivity (Wildman–Crippen MR) is 53.4 cm³/mol. The number of aryl methyl sites for hydroxylation is 1. The summed E-state index contributed by atoms with van der Waals surface area (Å²) in [5.41, 5.74) is 0.815. The Morgan fingerprint density at radius 1 is 1.64 bits per heavy atom. The lowest BCUT2D eigenvalue weighted by Crippen LogP contribution is -2.21. The Labute approximate surface area is 83.1 Å². The summed E-state index contributed by atoms with van der Waals surface area (Å²) in [5, 5.41) is 2.71. The van der Waals surface area contributed by atoms with Crippen LogP contribution in [-0.2, 0) is 11.3 Å². The number of aromatic nitrogens is 2. The zero-order valence-electron chi connectivity index (χ0n) is 8.32. The lowest BCUT2D eigenvalue weighted by molar-refractivity contribution is -0.116. The molecule has 0 fully saturated rings. The zero-order chi connectivity index (χ0) is 10.4. The van der Waals surface area contributed by atoms with E-state index in [1.165, 1.54) is 6.08 Å². The van der Waals surface area contributed by atoms with Crippen LogP contribution < -0.4 is 5.32 Å². The van der Waals surface area contributed by atoms with E-state index in [9.17, 15) is 4.79 Å². The van der Waals surface area contributed by atoms with Crippen LogP contribution in [0.1, 0.15) is 18.4 Å². The van der Waals surface area contributed by atoms with Crippen molar-refractivity contribution in [3.8, 4) is 0 Å². The van der Waals surface area contributed by atoms with Gasteiger partial charge in [-0.15, -0.1) is 0 Å². The second-order valence-electron chi connectivity index (χ2n) is 2.81. The average molecular weight is 191 g/mol. The number of amides is 1. The maximum atomic E-state index is 11.1. The largest absolute Gasteiger partial charge is 0.347 e. The van der Waals surface area contributed by atoms with Crippen molar-refractivity contribution < 1.29 is 4.79 Å². The van der Waals surface area contributed by atoms with Crippen LogP contribution in [0.2, 0.25) is 0 Å². The molecule has 1 heterocycles. The summed E-state index contributed by atoms with van der Waals surface area (Å²) in [7, 11) is 0. The van der Waals surface area contributed by atoms with Gasteiger partial charge in [-0.2, -0.15) is 0 Å². The number of hydrogen-bond acceptors (Lipinski definition) is 3. The Morgan fingerprint density at radius 2 is 2.43 bits per heavy atom. The van der Waals surface area contributed by atoms with Crippen LogP contribution in [0.15, 0.2) is 24.4 Å². The molecule has 0 saturated heterocycles. The van der Waals surface area contributed by atoms with Crippen LogP contribution in [0, 0.1) is 6.92 Å². The lowest BCUT2D eigenvalue weighted by Gasteiger charge is -2.01. The molecular weight excluding hydrogens is 178 g/mol. The molecule has 1 N–H and O–H groups in total. The molecule has 0 aliphatic carbocycles. The van der Waals surface area contributed by atoms with Crippen molar-refractivity contribution in [2.45, 2.75) is 20.4 Å². The summed E-state index contributed by atoms with van der Waals surface area (Å²) in [5.74, 6) is 0.603. The molecular formula is C10H13N3O. The number of nitrogens with zero attached hydrogens (tertiary/aromatic N) is 2. The van der Waals surface area contributed by atoms with Crippen LogP contribution in [0.4, 0.5) is 0 Å². The van der Waals surface area contributed by atoms with Crippen LogP contribution in [0.3, 0.4) is 0 Å². The van der Waals surface area contributed by atoms with E-state index in [1.54, 1.807) is 25.3 Å². The molecule has 0 saturated carbocycles. The van der Waals surface area contributed by atoms with E-state index in [0.29, 0.717) is 12.4 Å². The van der Waals surface area contributed by atoms with Gasteiger partial charge in [0.1, 0.15) is 5.82 Å². The standard InChI is InChI=1S/C10H13N3O/c1-3-4-10(14)12-7-9-5-6-11-8(2)13-9/h3-6H,7H2,1-2H3,(H,12,14). The molecule has 0 atom stereocenters. The third kappa shape index (κ3) is 3.35. The Balaban J connectivity index is 2.49. The van der Waals surface area contributed by atoms with Crippen molar-refractivity contribution >= 4 is 5.91 Å². The Morgan fingerprint density at radius 3 is 3.07 bits per heavy atom. The first kappa shape index (κ1) is 10.4. The molecule has 0 unspecified atom stereocenters. The van der Waals surface area contributed by atoms with Gasteiger partial charge in [-0.25, -0.2) is 9.97 Å². The molecule has 1 aromatic heterocycles. The fourth-order valence-electron chi connectivity index (χ4n) is 0.992. The fourth-order valence-corrected chi connectivity index (χ4v) is 0.992. The molecule has 0 radical (unpaired) electrons. The highest BCUT2D eigenvalue weighted by Crippen LogP contribution is 1.93. The molecule has 74 valence electrons. The molecule has 14 heavy (non-hydrogen) atoms. The SMILES string of the molecule is CC=CC(=O)NCc1ccnc(C)n1. The van der Waals surface area contributed by atoms with Crippen LogP contribution >= 0.6 is 0 Å². The average Bonchev–Trinajstić information content (AvgIpc) is 2.15. The minimum absolute atomic E-state index is 0.108. The van der Waals surface area contributed by atoms with Crippen molar-refractivity contribution in [1.29, 1.82) is 0 Å². The van der Waals surface area contributed by atoms with Gasteiger partial charge in [-0.3, -0.25) is 4.79 Å². The molecule has 0 aliphatic heterocycles. The molecule has 0 aromatic carbocycles. The van der Waals surface area contributed by atoms with Crippen molar-refractivity contribution in [3.63, 3.8) is 0 Å². The van der Waals surface area contributed by atoms with Crippen molar-refractivity contribution in [1.82, 2.24) is 15.3 Å². The number of rotatable bonds is 3. The van der Waals surface area contributed by atoms with Crippen molar-refractivity contribution in [2.24, 2.45) is 0 Å². The predicted octanol–water partition coefficient (Wildman–Crippen LogP) is 0.977. The van der Waals surface area contributed by atoms with E-state index in [0.717, 1.165) is 5.69 Å². The topological polar surface area (TPSA) is 54.9 Å². The highest BCUT2D eigenvalue weighted by atomic mass is 16.1. The molecule has 0 bridgehead atoms. The van der Waals surface area contributed by atoms with Gasteiger partial charge in [0.2, 0.25) is 5.91 Å². The van der Waals surface area contributed by atoms with Crippen LogP contribution in [0.5, 0.6) is 0 Å². The minimum Gasteiger partial charge on any atom is -0.347 e. The Hall–Kier alpha value is -1.71. The smallest absolute Gasteiger partial charge is 0.243 e. The van der Waals surface area contributed by atoms with Crippen LogP contribution in [0.25, 0.3) is 0 Å². The highest BCUT2D eigenvalue weighted by molar-refractivity contribution is 5.87. The van der Waals surface area contributed by atoms with E-state index in [1.807, 2.05) is 6.92 Å². The number of carbonyl (C=O) groups is 1. The first-order valence-electron chi connectivity index (χ1n) is 4.41. The van der Waals surface area contributed by atoms with Crippen molar-refractivity contribution in [2.75, 3.05) is 0 Å². The molecule has 4 nitrogen and oxygen atoms in total. The van der Waals surface area contributed by atoms with Gasteiger partial charge in [-0.05, 0) is 26.0 Å². The lowest BCUT2D eigenvalue weighted by atomic mass is 10.4. The summed E-state index contributed by atoms with van der Waals surface area (Å²) in [6.45, 7) is 4.05. The summed E-state index contributed by atoms with van der Waals surface area (Å²) in [4.78, 5) is 19.2. The maximum Gasteiger partial charge on any atom is 0.243 e. The molecule has 4 heteroatoms. The van der Waals surface area contributed by atoms with Crippen molar-refractivity contribution in [3.05, 3.63) is 35.9 Å². The molecule has 1 amide bonds. The van der Waals surface area contributed by atoms with E-state index < -0.39 is 0 Å². The summed E-state index contributed by atoms with van der Waals surface area (Å²) >= 11 is 0. The quantitative estimate of drug-likeness (QED) is 0.724. The van der Waals surface area contributed by atoms with E-state index in [-0.39, 0.29) is 5.91 Å². The minimum atomic E-state index is -0.108. The second-order valence-corrected chi connectivity index (χ2v) is 2.81. The molecule has 1 rings (SSSR count). The zero-order valence-corrected chi connectivity index (χ0v) is 8.32.